The van der Waals surface area contributed by atoms with Gasteiger partial charge in [0.05, 0.1) is 23.6 Å². The number of aromatic nitrogens is 4. The van der Waals surface area contributed by atoms with Crippen molar-refractivity contribution >= 4 is 0 Å². The van der Waals surface area contributed by atoms with Crippen LogP contribution in [-0.2, 0) is 25.7 Å². The first kappa shape index (κ1) is 40.9. The number of nitrogens with one attached hydrogen (secondary N) is 2. The van der Waals surface area contributed by atoms with Gasteiger partial charge >= 0.3 is 0 Å². The van der Waals surface area contributed by atoms with E-state index in [1.807, 2.05) is 0 Å². The van der Waals surface area contributed by atoms with Crippen LogP contribution >= 0.6 is 0 Å². The Labute approximate surface area is 318 Å². The average molecular weight is 739 g/mol. The van der Waals surface area contributed by atoms with Crippen molar-refractivity contribution < 1.29 is 26.3 Å². The Bertz CT molecular complexity index is 1470. The first-order valence-electron chi connectivity index (χ1n) is 21.2. The van der Waals surface area contributed by atoms with Crippen LogP contribution in [0.1, 0.15) is 148 Å². The van der Waals surface area contributed by atoms with E-state index in [2.05, 4.69) is 74.3 Å². The summed E-state index contributed by atoms with van der Waals surface area (Å²) in [6.45, 7) is 16.1. The summed E-state index contributed by atoms with van der Waals surface area (Å²) in [6, 6.07) is 0. The summed E-state index contributed by atoms with van der Waals surface area (Å²) < 4.78 is 0. The van der Waals surface area contributed by atoms with Crippen LogP contribution in [0.25, 0.3) is 0 Å². The van der Waals surface area contributed by atoms with E-state index in [1.165, 1.54) is 112 Å². The topological polar surface area (TPSA) is 181 Å². The van der Waals surface area contributed by atoms with Gasteiger partial charge < -0.3 is 26.3 Å². The Kier molecular flexibility index (Phi) is 10.8. The van der Waals surface area contributed by atoms with Crippen LogP contribution in [-0.4, -0.2) is 64.5 Å². The fourth-order valence-corrected chi connectivity index (χ4v) is 15.4. The highest BCUT2D eigenvalue weighted by atomic mass is 16.3. The summed E-state index contributed by atoms with van der Waals surface area (Å²) in [5, 5.41) is 44.8. The summed E-state index contributed by atoms with van der Waals surface area (Å²) in [4.78, 5) is 0. The molecule has 0 spiro atoms. The van der Waals surface area contributed by atoms with E-state index in [9.17, 15) is 10.2 Å². The molecule has 10 rings (SSSR count). The third-order valence-corrected chi connectivity index (χ3v) is 18.9. The third kappa shape index (κ3) is 5.94. The highest BCUT2D eigenvalue weighted by molar-refractivity contribution is 5.27. The Morgan fingerprint density at radius 3 is 1.32 bits per heavy atom. The van der Waals surface area contributed by atoms with Gasteiger partial charge in [-0.2, -0.15) is 10.2 Å². The molecule has 14 atom stereocenters. The molecule has 0 bridgehead atoms. The molecule has 300 valence electrons. The maximum atomic E-state index is 11.0. The summed E-state index contributed by atoms with van der Waals surface area (Å²) >= 11 is 0. The third-order valence-electron chi connectivity index (χ3n) is 18.9. The van der Waals surface area contributed by atoms with Crippen molar-refractivity contribution in [3.05, 3.63) is 34.9 Å². The van der Waals surface area contributed by atoms with Gasteiger partial charge in [-0.3, -0.25) is 10.2 Å². The zero-order valence-corrected chi connectivity index (χ0v) is 34.0. The van der Waals surface area contributed by atoms with Gasteiger partial charge in [0.1, 0.15) is 0 Å². The van der Waals surface area contributed by atoms with Crippen LogP contribution in [0.2, 0.25) is 0 Å². The zero-order chi connectivity index (χ0) is 36.2. The Hall–Kier alpha value is -1.78. The summed E-state index contributed by atoms with van der Waals surface area (Å²) in [5.74, 6) is 6.43. The standard InChI is InChI=1S/2C21H32N2O.C2H6O.2H2O/c2*1-19-11-13-12-22-23-18(13)10-14(19)4-5-15-16(19)6-8-20(2)17(15)7-9-21(20,3)24;1-2-3;;/h2*12,14-17,24H,4-11H2,1-3H3,(H,22,23);3H,2H2,1H3;2*1H2/t2*14-,15+,16-,17-,19-,20-,21-;;;/m00.../s1. The quantitative estimate of drug-likeness (QED) is 0.204. The van der Waals surface area contributed by atoms with Crippen molar-refractivity contribution in [3.63, 3.8) is 0 Å². The maximum Gasteiger partial charge on any atom is 0.0675 e. The zero-order valence-electron chi connectivity index (χ0n) is 34.0. The number of aliphatic hydroxyl groups is 3. The predicted molar refractivity (Wildman–Crippen MR) is 209 cm³/mol. The van der Waals surface area contributed by atoms with E-state index >= 15 is 0 Å². The molecule has 6 fully saturated rings. The van der Waals surface area contributed by atoms with Crippen LogP contribution in [0.5, 0.6) is 0 Å². The van der Waals surface area contributed by atoms with Gasteiger partial charge in [0.25, 0.3) is 0 Å². The van der Waals surface area contributed by atoms with Crippen molar-refractivity contribution in [1.29, 1.82) is 0 Å². The lowest BCUT2D eigenvalue weighted by Crippen LogP contribution is -2.56. The Morgan fingerprint density at radius 1 is 0.585 bits per heavy atom. The lowest BCUT2D eigenvalue weighted by atomic mass is 9.44. The van der Waals surface area contributed by atoms with Crippen LogP contribution < -0.4 is 0 Å². The highest BCUT2D eigenvalue weighted by Gasteiger charge is 2.65. The van der Waals surface area contributed by atoms with Crippen molar-refractivity contribution in [1.82, 2.24) is 20.4 Å². The number of H-pyrrole nitrogens is 2. The smallest absolute Gasteiger partial charge is 0.0675 e. The number of nitrogens with zero attached hydrogens (tertiary/aromatic N) is 2. The molecule has 0 unspecified atom stereocenters. The second-order valence-corrected chi connectivity index (χ2v) is 20.7. The lowest BCUT2D eigenvalue weighted by molar-refractivity contribution is -0.139. The summed E-state index contributed by atoms with van der Waals surface area (Å²) in [7, 11) is 0. The SMILES string of the molecule is CCO.C[C@]12Cc3cn[nH]c3C[C@@H]1CC[C@@H]1[C@@H]2CC[C@@]2(C)[C@H]1CC[C@]2(C)O.C[C@]12Cc3cn[nH]c3C[C@@H]1CC[C@@H]1[C@@H]2CC[C@@]2(C)[C@H]1CC[C@]2(C)O.O.O. The van der Waals surface area contributed by atoms with E-state index in [0.717, 1.165) is 60.2 Å². The van der Waals surface area contributed by atoms with Gasteiger partial charge in [-0.1, -0.05) is 27.7 Å². The molecule has 6 saturated carbocycles. The number of hydrogen-bond acceptors (Lipinski definition) is 5. The second-order valence-electron chi connectivity index (χ2n) is 20.7. The first-order chi connectivity index (χ1) is 24.1. The van der Waals surface area contributed by atoms with Crippen LogP contribution in [0.4, 0.5) is 0 Å². The molecule has 2 heterocycles. The van der Waals surface area contributed by atoms with Gasteiger partial charge in [0.2, 0.25) is 0 Å². The fourth-order valence-electron chi connectivity index (χ4n) is 15.4. The van der Waals surface area contributed by atoms with Gasteiger partial charge in [0, 0.05) is 18.0 Å². The summed E-state index contributed by atoms with van der Waals surface area (Å²) in [5.41, 5.74) is 6.02. The maximum absolute atomic E-state index is 11.0. The van der Waals surface area contributed by atoms with E-state index in [-0.39, 0.29) is 28.4 Å². The van der Waals surface area contributed by atoms with E-state index in [1.54, 1.807) is 6.92 Å². The normalized spacial score (nSPS) is 48.3. The molecule has 0 aliphatic heterocycles. The predicted octanol–water partition coefficient (Wildman–Crippen LogP) is 6.59. The number of aliphatic hydroxyl groups excluding tert-OH is 1. The highest BCUT2D eigenvalue weighted by Crippen LogP contribution is 2.69. The lowest BCUT2D eigenvalue weighted by Gasteiger charge is -2.60. The Balaban J connectivity index is 0.000000163. The van der Waals surface area contributed by atoms with E-state index in [4.69, 9.17) is 5.11 Å². The molecule has 0 amide bonds. The minimum Gasteiger partial charge on any atom is -0.412 e. The van der Waals surface area contributed by atoms with Gasteiger partial charge in [-0.15, -0.1) is 0 Å². The average Bonchev–Trinajstić information content (AvgIpc) is 3.83. The minimum absolute atomic E-state index is 0. The molecule has 9 nitrogen and oxygen atoms in total. The van der Waals surface area contributed by atoms with Gasteiger partial charge in [-0.25, -0.2) is 0 Å². The molecule has 2 aromatic heterocycles. The molecule has 53 heavy (non-hydrogen) atoms. The molecular formula is C44H74N4O5. The molecule has 0 aromatic carbocycles. The number of fused-ring (bicyclic) bond motifs is 12. The monoisotopic (exact) mass is 739 g/mol. The molecule has 8 aliphatic rings. The van der Waals surface area contributed by atoms with Crippen molar-refractivity contribution in [2.45, 2.75) is 162 Å². The molecule has 8 aliphatic carbocycles. The second kappa shape index (κ2) is 14.0. The van der Waals surface area contributed by atoms with Crippen LogP contribution in [0.15, 0.2) is 12.4 Å². The van der Waals surface area contributed by atoms with Crippen molar-refractivity contribution in [2.75, 3.05) is 6.61 Å². The molecule has 0 radical (unpaired) electrons. The molecular weight excluding hydrogens is 665 g/mol. The fraction of sp³-hybridized carbons (Fsp3) is 0.864. The molecule has 9 N–H and O–H groups in total. The number of aromatic amines is 2. The molecule has 2 aromatic rings. The van der Waals surface area contributed by atoms with Crippen molar-refractivity contribution in [2.24, 2.45) is 69.0 Å². The van der Waals surface area contributed by atoms with Gasteiger partial charge in [-0.05, 0) is 204 Å². The van der Waals surface area contributed by atoms with E-state index in [0.29, 0.717) is 10.8 Å². The van der Waals surface area contributed by atoms with E-state index < -0.39 is 11.2 Å². The number of hydrogen-bond donors (Lipinski definition) is 5. The van der Waals surface area contributed by atoms with Crippen LogP contribution in [0, 0.1) is 69.0 Å². The summed E-state index contributed by atoms with van der Waals surface area (Å²) in [6.07, 6.45) is 24.0. The Morgan fingerprint density at radius 2 is 0.943 bits per heavy atom. The molecule has 0 saturated heterocycles. The van der Waals surface area contributed by atoms with Gasteiger partial charge in [0.15, 0.2) is 0 Å². The number of rotatable bonds is 0. The largest absolute Gasteiger partial charge is 0.412 e. The molecule has 9 heteroatoms. The minimum atomic E-state index is -0.454. The first-order valence-corrected chi connectivity index (χ1v) is 21.2. The van der Waals surface area contributed by atoms with Crippen molar-refractivity contribution in [3.8, 4) is 0 Å². The van der Waals surface area contributed by atoms with Crippen LogP contribution in [0.3, 0.4) is 0 Å².